The lowest BCUT2D eigenvalue weighted by Crippen LogP contribution is -2.13. The number of nitrogens with zero attached hydrogens (tertiary/aromatic N) is 4. The topological polar surface area (TPSA) is 78.2 Å². The summed E-state index contributed by atoms with van der Waals surface area (Å²) in [6.45, 7) is 0. The third kappa shape index (κ3) is 2.58. The van der Waals surface area contributed by atoms with E-state index >= 15 is 0 Å². The minimum atomic E-state index is -0.531. The monoisotopic (exact) mass is 375 g/mol. The van der Waals surface area contributed by atoms with Crippen molar-refractivity contribution in [3.8, 4) is 22.4 Å². The van der Waals surface area contributed by atoms with Crippen molar-refractivity contribution in [3.05, 3.63) is 66.0 Å². The number of benzene rings is 1. The van der Waals surface area contributed by atoms with Gasteiger partial charge in [-0.2, -0.15) is 5.10 Å². The molecule has 3 aromatic heterocycles. The maximum atomic E-state index is 13.5. The fraction of sp³-hybridized carbons (Fsp3) is 0.190. The molecule has 1 aliphatic carbocycles. The molecular weight excluding hydrogens is 357 g/mol. The van der Waals surface area contributed by atoms with Crippen LogP contribution < -0.4 is 5.73 Å². The molecule has 4 aromatic rings. The van der Waals surface area contributed by atoms with Crippen molar-refractivity contribution < 1.29 is 9.18 Å². The van der Waals surface area contributed by atoms with Crippen LogP contribution in [0.3, 0.4) is 0 Å². The highest BCUT2D eigenvalue weighted by atomic mass is 19.1. The maximum Gasteiger partial charge on any atom is 0.267 e. The van der Waals surface area contributed by atoms with Crippen LogP contribution in [0.4, 0.5) is 4.39 Å². The third-order valence-corrected chi connectivity index (χ3v) is 5.20. The van der Waals surface area contributed by atoms with Gasteiger partial charge in [-0.15, -0.1) is 0 Å². The quantitative estimate of drug-likeness (QED) is 0.593. The number of pyridine rings is 1. The van der Waals surface area contributed by atoms with Crippen molar-refractivity contribution in [2.45, 2.75) is 18.8 Å². The third-order valence-electron chi connectivity index (χ3n) is 5.20. The lowest BCUT2D eigenvalue weighted by Gasteiger charge is -2.09. The summed E-state index contributed by atoms with van der Waals surface area (Å²) < 4.78 is 17.0. The van der Waals surface area contributed by atoms with Crippen molar-refractivity contribution in [1.29, 1.82) is 0 Å². The molecule has 0 bridgehead atoms. The summed E-state index contributed by atoms with van der Waals surface area (Å²) >= 11 is 0. The molecule has 0 radical (unpaired) electrons. The van der Waals surface area contributed by atoms with E-state index in [2.05, 4.69) is 4.98 Å². The second-order valence-corrected chi connectivity index (χ2v) is 7.17. The van der Waals surface area contributed by atoms with Crippen LogP contribution in [0.25, 0.3) is 28.0 Å². The van der Waals surface area contributed by atoms with Crippen LogP contribution >= 0.6 is 0 Å². The van der Waals surface area contributed by atoms with Gasteiger partial charge in [0.25, 0.3) is 5.91 Å². The molecule has 0 unspecified atom stereocenters. The molecule has 0 saturated heterocycles. The molecular formula is C21H18FN5O. The number of nitrogens with two attached hydrogens (primary N) is 1. The highest BCUT2D eigenvalue weighted by molar-refractivity contribution is 5.92. The number of halogens is 1. The molecule has 140 valence electrons. The number of aromatic nitrogens is 4. The standard InChI is InChI=1S/C21H18FN5O/c1-26-20(13-4-7-15(22)8-5-13)18(19(25-26)12-2-3-12)14-6-9-17-24-10-16(21(23)28)27(17)11-14/h4-12H,2-3H2,1H3,(H2,23,28). The van der Waals surface area contributed by atoms with E-state index < -0.39 is 5.91 Å². The van der Waals surface area contributed by atoms with Gasteiger partial charge in [0.1, 0.15) is 17.2 Å². The summed E-state index contributed by atoms with van der Waals surface area (Å²) in [5.41, 5.74) is 11.2. The molecule has 0 atom stereocenters. The number of hydrogen-bond acceptors (Lipinski definition) is 3. The molecule has 1 aromatic carbocycles. The van der Waals surface area contributed by atoms with Gasteiger partial charge < -0.3 is 5.73 Å². The Morgan fingerprint density at radius 3 is 2.54 bits per heavy atom. The minimum Gasteiger partial charge on any atom is -0.364 e. The van der Waals surface area contributed by atoms with Crippen LogP contribution in [0.1, 0.15) is 34.9 Å². The first kappa shape index (κ1) is 16.7. The predicted molar refractivity (Wildman–Crippen MR) is 103 cm³/mol. The maximum absolute atomic E-state index is 13.5. The van der Waals surface area contributed by atoms with Gasteiger partial charge >= 0.3 is 0 Å². The largest absolute Gasteiger partial charge is 0.364 e. The first-order chi connectivity index (χ1) is 13.5. The van der Waals surface area contributed by atoms with Crippen LogP contribution in [0.2, 0.25) is 0 Å². The number of amides is 1. The van der Waals surface area contributed by atoms with Crippen LogP contribution in [0, 0.1) is 5.82 Å². The molecule has 1 saturated carbocycles. The second kappa shape index (κ2) is 6.02. The van der Waals surface area contributed by atoms with Gasteiger partial charge in [0.2, 0.25) is 0 Å². The van der Waals surface area contributed by atoms with Crippen LogP contribution in [0.15, 0.2) is 48.8 Å². The van der Waals surface area contributed by atoms with Gasteiger partial charge in [-0.05, 0) is 49.2 Å². The van der Waals surface area contributed by atoms with E-state index in [1.807, 2.05) is 30.1 Å². The highest BCUT2D eigenvalue weighted by Gasteiger charge is 2.32. The summed E-state index contributed by atoms with van der Waals surface area (Å²) in [6, 6.07) is 10.3. The average molecular weight is 375 g/mol. The van der Waals surface area contributed by atoms with Gasteiger partial charge in [-0.1, -0.05) is 0 Å². The normalized spacial score (nSPS) is 13.9. The number of aryl methyl sites for hydroxylation is 1. The lowest BCUT2D eigenvalue weighted by molar-refractivity contribution is 0.0995. The first-order valence-electron chi connectivity index (χ1n) is 9.13. The molecule has 5 rings (SSSR count). The van der Waals surface area contributed by atoms with Gasteiger partial charge in [-0.3, -0.25) is 13.9 Å². The summed E-state index contributed by atoms with van der Waals surface area (Å²) in [7, 11) is 1.90. The molecule has 2 N–H and O–H groups in total. The number of imidazole rings is 1. The Balaban J connectivity index is 1.77. The number of primary amides is 1. The Hall–Kier alpha value is -3.48. The fourth-order valence-electron chi connectivity index (χ4n) is 3.72. The van der Waals surface area contributed by atoms with Crippen LogP contribution in [-0.4, -0.2) is 25.1 Å². The van der Waals surface area contributed by atoms with Gasteiger partial charge in [0.15, 0.2) is 0 Å². The van der Waals surface area contributed by atoms with Crippen molar-refractivity contribution in [3.63, 3.8) is 0 Å². The molecule has 0 aliphatic heterocycles. The van der Waals surface area contributed by atoms with E-state index in [-0.39, 0.29) is 5.82 Å². The summed E-state index contributed by atoms with van der Waals surface area (Å²) in [4.78, 5) is 16.0. The van der Waals surface area contributed by atoms with Crippen molar-refractivity contribution in [1.82, 2.24) is 19.2 Å². The zero-order chi connectivity index (χ0) is 19.4. The second-order valence-electron chi connectivity index (χ2n) is 7.17. The van der Waals surface area contributed by atoms with Gasteiger partial charge in [0.05, 0.1) is 17.6 Å². The van der Waals surface area contributed by atoms with Crippen molar-refractivity contribution in [2.24, 2.45) is 12.8 Å². The van der Waals surface area contributed by atoms with E-state index in [9.17, 15) is 9.18 Å². The molecule has 1 aliphatic rings. The highest BCUT2D eigenvalue weighted by Crippen LogP contribution is 2.47. The Morgan fingerprint density at radius 1 is 1.14 bits per heavy atom. The number of carbonyl (C=O) groups excluding carboxylic acids is 1. The molecule has 1 amide bonds. The van der Waals surface area contributed by atoms with Crippen molar-refractivity contribution >= 4 is 11.6 Å². The Labute approximate surface area is 160 Å². The first-order valence-corrected chi connectivity index (χ1v) is 9.13. The van der Waals surface area contributed by atoms with Crippen LogP contribution in [-0.2, 0) is 7.05 Å². The molecule has 1 fully saturated rings. The van der Waals surface area contributed by atoms with E-state index in [0.717, 1.165) is 40.9 Å². The summed E-state index contributed by atoms with van der Waals surface area (Å²) in [5.74, 6) is -0.387. The molecule has 0 spiro atoms. The van der Waals surface area contributed by atoms with Gasteiger partial charge in [-0.25, -0.2) is 9.37 Å². The Morgan fingerprint density at radius 2 is 1.86 bits per heavy atom. The van der Waals surface area contributed by atoms with Gasteiger partial charge in [0, 0.05) is 35.9 Å². The Kier molecular flexibility index (Phi) is 3.58. The van der Waals surface area contributed by atoms with E-state index in [0.29, 0.717) is 17.3 Å². The number of rotatable bonds is 4. The van der Waals surface area contributed by atoms with Crippen molar-refractivity contribution in [2.75, 3.05) is 0 Å². The molecule has 28 heavy (non-hydrogen) atoms. The number of fused-ring (bicyclic) bond motifs is 1. The zero-order valence-corrected chi connectivity index (χ0v) is 15.3. The fourth-order valence-corrected chi connectivity index (χ4v) is 3.72. The summed E-state index contributed by atoms with van der Waals surface area (Å²) in [6.07, 6.45) is 5.56. The number of hydrogen-bond donors (Lipinski definition) is 1. The average Bonchev–Trinajstić information content (AvgIpc) is 3.34. The van der Waals surface area contributed by atoms with Crippen LogP contribution in [0.5, 0.6) is 0 Å². The van der Waals surface area contributed by atoms with E-state index in [4.69, 9.17) is 10.8 Å². The summed E-state index contributed by atoms with van der Waals surface area (Å²) in [5, 5.41) is 4.78. The molecule has 3 heterocycles. The smallest absolute Gasteiger partial charge is 0.267 e. The SMILES string of the molecule is Cn1nc(C2CC2)c(-c2ccc3ncc(C(N)=O)n3c2)c1-c1ccc(F)cc1. The minimum absolute atomic E-state index is 0.277. The Bertz CT molecular complexity index is 1220. The van der Waals surface area contributed by atoms with E-state index in [1.165, 1.54) is 18.3 Å². The molecule has 7 heteroatoms. The number of carbonyl (C=O) groups is 1. The zero-order valence-electron chi connectivity index (χ0n) is 15.3. The van der Waals surface area contributed by atoms with E-state index in [1.54, 1.807) is 16.5 Å². The molecule has 6 nitrogen and oxygen atoms in total. The predicted octanol–water partition coefficient (Wildman–Crippen LogP) is 3.52. The lowest BCUT2D eigenvalue weighted by atomic mass is 9.98.